The fraction of sp³-hybridized carbons (Fsp3) is 0.0714. The van der Waals surface area contributed by atoms with Crippen molar-refractivity contribution in [1.82, 2.24) is 0 Å². The van der Waals surface area contributed by atoms with Crippen molar-refractivity contribution in [3.8, 4) is 0 Å². The molecule has 0 radical (unpaired) electrons. The number of anilines is 1. The Kier molecular flexibility index (Phi) is 4.52. The van der Waals surface area contributed by atoms with Crippen molar-refractivity contribution >= 4 is 44.2 Å². The summed E-state index contributed by atoms with van der Waals surface area (Å²) < 4.78 is 28.1. The van der Waals surface area contributed by atoms with Crippen LogP contribution in [-0.4, -0.2) is 14.3 Å². The molecule has 0 heterocycles. The first-order chi connectivity index (χ1) is 9.79. The monoisotopic (exact) mass is 416 g/mol. The van der Waals surface area contributed by atoms with E-state index in [4.69, 9.17) is 5.73 Å². The fourth-order valence-corrected chi connectivity index (χ4v) is 3.21. The molecule has 0 aliphatic heterocycles. The molecular weight excluding hydrogens is 403 g/mol. The van der Waals surface area contributed by atoms with Gasteiger partial charge in [-0.25, -0.2) is 8.42 Å². The van der Waals surface area contributed by atoms with Gasteiger partial charge in [-0.1, -0.05) is 6.07 Å². The molecule has 3 N–H and O–H groups in total. The molecule has 7 heteroatoms. The topological polar surface area (TPSA) is 89.3 Å². The zero-order chi connectivity index (χ0) is 15.6. The van der Waals surface area contributed by atoms with Crippen LogP contribution in [0.3, 0.4) is 0 Å². The maximum atomic E-state index is 12.3. The molecule has 0 saturated heterocycles. The Hall–Kier alpha value is -1.61. The largest absolute Gasteiger partial charge is 0.366 e. The average molecular weight is 416 g/mol. The molecule has 0 atom stereocenters. The van der Waals surface area contributed by atoms with E-state index in [2.05, 4.69) is 27.3 Å². The van der Waals surface area contributed by atoms with Crippen LogP contribution in [0.1, 0.15) is 15.9 Å². The second-order valence-corrected chi connectivity index (χ2v) is 7.38. The van der Waals surface area contributed by atoms with Crippen molar-refractivity contribution in [3.05, 3.63) is 57.2 Å². The highest BCUT2D eigenvalue weighted by Crippen LogP contribution is 2.19. The molecule has 0 unspecified atom stereocenters. The molecule has 2 aromatic rings. The first-order valence-electron chi connectivity index (χ1n) is 5.98. The van der Waals surface area contributed by atoms with Crippen LogP contribution in [0.25, 0.3) is 0 Å². The number of hydrogen-bond acceptors (Lipinski definition) is 3. The van der Waals surface area contributed by atoms with Crippen LogP contribution < -0.4 is 10.5 Å². The molecule has 5 nitrogen and oxygen atoms in total. The van der Waals surface area contributed by atoms with Crippen LogP contribution >= 0.6 is 22.6 Å². The predicted octanol–water partition coefficient (Wildman–Crippen LogP) is 2.50. The van der Waals surface area contributed by atoms with E-state index >= 15 is 0 Å². The Bertz CT molecular complexity index is 786. The number of hydrogen-bond donors (Lipinski definition) is 2. The van der Waals surface area contributed by atoms with Gasteiger partial charge >= 0.3 is 0 Å². The number of nitrogens with one attached hydrogen (secondary N) is 1. The van der Waals surface area contributed by atoms with Gasteiger partial charge < -0.3 is 5.73 Å². The molecule has 1 amide bonds. The van der Waals surface area contributed by atoms with Crippen molar-refractivity contribution in [2.24, 2.45) is 5.73 Å². The Labute approximate surface area is 136 Å². The highest BCUT2D eigenvalue weighted by atomic mass is 127. The van der Waals surface area contributed by atoms with Crippen LogP contribution in [-0.2, 0) is 10.0 Å². The van der Waals surface area contributed by atoms with Gasteiger partial charge in [0.1, 0.15) is 0 Å². The number of nitrogens with two attached hydrogens (primary N) is 1. The van der Waals surface area contributed by atoms with E-state index in [9.17, 15) is 13.2 Å². The fourth-order valence-electron chi connectivity index (χ4n) is 1.77. The number of sulfonamides is 1. The van der Waals surface area contributed by atoms with Crippen molar-refractivity contribution in [2.75, 3.05) is 4.72 Å². The summed E-state index contributed by atoms with van der Waals surface area (Å²) in [4.78, 5) is 11.3. The minimum Gasteiger partial charge on any atom is -0.366 e. The quantitative estimate of drug-likeness (QED) is 0.751. The summed E-state index contributed by atoms with van der Waals surface area (Å²) in [6.07, 6.45) is 0. The molecule has 0 fully saturated rings. The number of halogens is 1. The molecule has 0 saturated carbocycles. The van der Waals surface area contributed by atoms with Crippen molar-refractivity contribution in [3.63, 3.8) is 0 Å². The number of aryl methyl sites for hydroxylation is 1. The summed E-state index contributed by atoms with van der Waals surface area (Å²) in [6, 6.07) is 11.2. The van der Waals surface area contributed by atoms with E-state index in [-0.39, 0.29) is 10.5 Å². The smallest absolute Gasteiger partial charge is 0.261 e. The highest BCUT2D eigenvalue weighted by molar-refractivity contribution is 14.1. The average Bonchev–Trinajstić information content (AvgIpc) is 2.41. The Balaban J connectivity index is 2.38. The summed E-state index contributed by atoms with van der Waals surface area (Å²) in [5, 5.41) is 0. The summed E-state index contributed by atoms with van der Waals surface area (Å²) in [6.45, 7) is 1.70. The van der Waals surface area contributed by atoms with E-state index < -0.39 is 15.9 Å². The number of benzene rings is 2. The maximum Gasteiger partial charge on any atom is 0.261 e. The first-order valence-corrected chi connectivity index (χ1v) is 8.54. The lowest BCUT2D eigenvalue weighted by Crippen LogP contribution is -2.17. The van der Waals surface area contributed by atoms with Gasteiger partial charge in [0.15, 0.2) is 0 Å². The van der Waals surface area contributed by atoms with E-state index in [0.29, 0.717) is 11.3 Å². The summed E-state index contributed by atoms with van der Waals surface area (Å²) in [5.41, 5.74) is 6.53. The molecule has 0 aliphatic carbocycles. The SMILES string of the molecule is Cc1ccc(S(=O)(=O)Nc2ccc(I)cc2)cc1C(N)=O. The minimum absolute atomic E-state index is 0.000417. The number of primary amides is 1. The molecule has 21 heavy (non-hydrogen) atoms. The maximum absolute atomic E-state index is 12.3. The van der Waals surface area contributed by atoms with E-state index in [1.807, 2.05) is 0 Å². The van der Waals surface area contributed by atoms with Gasteiger partial charge in [-0.05, 0) is 71.5 Å². The molecule has 0 spiro atoms. The van der Waals surface area contributed by atoms with Gasteiger partial charge in [0.25, 0.3) is 10.0 Å². The number of amides is 1. The Morgan fingerprint density at radius 2 is 1.76 bits per heavy atom. The zero-order valence-corrected chi connectivity index (χ0v) is 14.1. The normalized spacial score (nSPS) is 11.1. The van der Waals surface area contributed by atoms with Crippen molar-refractivity contribution < 1.29 is 13.2 Å². The van der Waals surface area contributed by atoms with Crippen LogP contribution in [0, 0.1) is 10.5 Å². The molecule has 110 valence electrons. The van der Waals surface area contributed by atoms with E-state index in [1.54, 1.807) is 37.3 Å². The Morgan fingerprint density at radius 3 is 2.33 bits per heavy atom. The third-order valence-corrected chi connectivity index (χ3v) is 4.98. The van der Waals surface area contributed by atoms with Crippen LogP contribution in [0.5, 0.6) is 0 Å². The molecule has 0 aromatic heterocycles. The van der Waals surface area contributed by atoms with E-state index in [0.717, 1.165) is 3.57 Å². The van der Waals surface area contributed by atoms with Gasteiger partial charge in [-0.3, -0.25) is 9.52 Å². The van der Waals surface area contributed by atoms with Crippen molar-refractivity contribution in [2.45, 2.75) is 11.8 Å². The summed E-state index contributed by atoms with van der Waals surface area (Å²) in [5.74, 6) is -0.654. The minimum atomic E-state index is -3.76. The number of carbonyl (C=O) groups excluding carboxylic acids is 1. The molecule has 0 bridgehead atoms. The van der Waals surface area contributed by atoms with Crippen LogP contribution in [0.15, 0.2) is 47.4 Å². The summed E-state index contributed by atoms with van der Waals surface area (Å²) in [7, 11) is -3.76. The van der Waals surface area contributed by atoms with Gasteiger partial charge in [-0.15, -0.1) is 0 Å². The Morgan fingerprint density at radius 1 is 1.14 bits per heavy atom. The molecule has 2 rings (SSSR count). The van der Waals surface area contributed by atoms with Crippen molar-refractivity contribution in [1.29, 1.82) is 0 Å². The second kappa shape index (κ2) is 6.02. The van der Waals surface area contributed by atoms with Gasteiger partial charge in [0.05, 0.1) is 4.90 Å². The lowest BCUT2D eigenvalue weighted by molar-refractivity contribution is 0.0999. The second-order valence-electron chi connectivity index (χ2n) is 4.45. The van der Waals surface area contributed by atoms with Crippen LogP contribution in [0.2, 0.25) is 0 Å². The lowest BCUT2D eigenvalue weighted by atomic mass is 10.1. The molecule has 2 aromatic carbocycles. The number of rotatable bonds is 4. The van der Waals surface area contributed by atoms with Gasteiger partial charge in [0, 0.05) is 14.8 Å². The standard InChI is InChI=1S/C14H13IN2O3S/c1-9-2-7-12(8-13(9)14(16)18)21(19,20)17-11-5-3-10(15)4-6-11/h2-8,17H,1H3,(H2,16,18). The van der Waals surface area contributed by atoms with Gasteiger partial charge in [-0.2, -0.15) is 0 Å². The lowest BCUT2D eigenvalue weighted by Gasteiger charge is -2.10. The van der Waals surface area contributed by atoms with Gasteiger partial charge in [0.2, 0.25) is 5.91 Å². The van der Waals surface area contributed by atoms with Crippen LogP contribution in [0.4, 0.5) is 5.69 Å². The molecular formula is C14H13IN2O3S. The predicted molar refractivity (Wildman–Crippen MR) is 89.7 cm³/mol. The first kappa shape index (κ1) is 15.8. The zero-order valence-electron chi connectivity index (χ0n) is 11.1. The summed E-state index contributed by atoms with van der Waals surface area (Å²) >= 11 is 2.13. The molecule has 0 aliphatic rings. The number of carbonyl (C=O) groups is 1. The third kappa shape index (κ3) is 3.73. The van der Waals surface area contributed by atoms with E-state index in [1.165, 1.54) is 12.1 Å². The highest BCUT2D eigenvalue weighted by Gasteiger charge is 2.17. The third-order valence-electron chi connectivity index (χ3n) is 2.88.